The molecular weight excluding hydrogens is 439 g/mol. The van der Waals surface area contributed by atoms with E-state index in [4.69, 9.17) is 23.5 Å². The van der Waals surface area contributed by atoms with Gasteiger partial charge in [0.05, 0.1) is 18.8 Å². The van der Waals surface area contributed by atoms with Crippen LogP contribution in [0.15, 0.2) is 11.1 Å². The Hall–Kier alpha value is -0.800. The summed E-state index contributed by atoms with van der Waals surface area (Å²) in [4.78, 5) is 21.8. The molecule has 2 aliphatic carbocycles. The summed E-state index contributed by atoms with van der Waals surface area (Å²) in [5.74, 6) is 0.266. The van der Waals surface area contributed by atoms with Crippen LogP contribution >= 0.6 is 7.82 Å². The summed E-state index contributed by atoms with van der Waals surface area (Å²) in [6.07, 6.45) is 1.95. The molecule has 8 atom stereocenters. The Balaban J connectivity index is 1.48. The van der Waals surface area contributed by atoms with E-state index in [1.807, 2.05) is 6.92 Å². The van der Waals surface area contributed by atoms with Crippen LogP contribution in [0, 0.1) is 23.2 Å². The minimum absolute atomic E-state index is 0.0385. The molecule has 0 aromatic rings. The van der Waals surface area contributed by atoms with Crippen LogP contribution in [0.4, 0.5) is 0 Å². The van der Waals surface area contributed by atoms with Gasteiger partial charge in [-0.1, -0.05) is 20.8 Å². The van der Waals surface area contributed by atoms with E-state index >= 15 is 0 Å². The quantitative estimate of drug-likeness (QED) is 0.270. The maximum absolute atomic E-state index is 12.2. The van der Waals surface area contributed by atoms with Gasteiger partial charge in [-0.25, -0.2) is 9.36 Å². The number of rotatable bonds is 6. The fourth-order valence-electron chi connectivity index (χ4n) is 7.17. The van der Waals surface area contributed by atoms with Crippen molar-refractivity contribution in [1.82, 2.24) is 0 Å². The molecule has 1 saturated carbocycles. The topological polar surface area (TPSA) is 113 Å². The van der Waals surface area contributed by atoms with Crippen molar-refractivity contribution >= 4 is 13.8 Å². The molecule has 0 radical (unpaired) electrons. The van der Waals surface area contributed by atoms with Crippen LogP contribution in [0.25, 0.3) is 0 Å². The third kappa shape index (κ3) is 2.92. The van der Waals surface area contributed by atoms with E-state index in [-0.39, 0.29) is 42.0 Å². The molecule has 5 aliphatic rings. The Morgan fingerprint density at radius 1 is 1.31 bits per heavy atom. The first-order valence-electron chi connectivity index (χ1n) is 11.4. The molecule has 180 valence electrons. The summed E-state index contributed by atoms with van der Waals surface area (Å²) in [6.45, 7) is 8.97. The van der Waals surface area contributed by atoms with Crippen LogP contribution in [0.3, 0.4) is 0 Å². The first-order chi connectivity index (χ1) is 15.0. The summed E-state index contributed by atoms with van der Waals surface area (Å²) in [5, 5.41) is 0. The molecule has 1 N–H and O–H groups in total. The van der Waals surface area contributed by atoms with Gasteiger partial charge in [0.2, 0.25) is 0 Å². The van der Waals surface area contributed by atoms with Gasteiger partial charge >= 0.3 is 13.8 Å². The summed E-state index contributed by atoms with van der Waals surface area (Å²) < 4.78 is 46.0. The number of hydrogen-bond acceptors (Lipinski definition) is 8. The third-order valence-electron chi connectivity index (χ3n) is 8.91. The second-order valence-corrected chi connectivity index (χ2v) is 12.0. The van der Waals surface area contributed by atoms with Crippen molar-refractivity contribution in [2.24, 2.45) is 23.2 Å². The van der Waals surface area contributed by atoms with E-state index in [9.17, 15) is 14.3 Å². The number of hydrogen-bond donors (Lipinski definition) is 1. The monoisotopic (exact) mass is 472 g/mol. The molecule has 3 heterocycles. The van der Waals surface area contributed by atoms with Gasteiger partial charge in [0.1, 0.15) is 17.8 Å². The highest BCUT2D eigenvalue weighted by Crippen LogP contribution is 2.72. The van der Waals surface area contributed by atoms with E-state index in [1.54, 1.807) is 0 Å². The van der Waals surface area contributed by atoms with Crippen molar-refractivity contribution in [3.05, 3.63) is 11.1 Å². The fraction of sp³-hybridized carbons (Fsp3) is 0.864. The molecule has 2 saturated heterocycles. The van der Waals surface area contributed by atoms with Gasteiger partial charge in [0.25, 0.3) is 0 Å². The molecule has 1 spiro atoms. The second kappa shape index (κ2) is 7.35. The predicted molar refractivity (Wildman–Crippen MR) is 111 cm³/mol. The van der Waals surface area contributed by atoms with Crippen molar-refractivity contribution in [2.75, 3.05) is 27.1 Å². The third-order valence-corrected chi connectivity index (χ3v) is 9.80. The normalized spacial score (nSPS) is 46.7. The van der Waals surface area contributed by atoms with Crippen LogP contribution in [0.2, 0.25) is 0 Å². The number of cyclic esters (lactones) is 1. The lowest BCUT2D eigenvalue weighted by molar-refractivity contribution is -0.274. The zero-order chi connectivity index (χ0) is 23.1. The zero-order valence-corrected chi connectivity index (χ0v) is 20.2. The minimum Gasteiger partial charge on any atom is -0.458 e. The summed E-state index contributed by atoms with van der Waals surface area (Å²) in [6, 6.07) is 0. The molecular formula is C22H33O9P. The molecule has 10 heteroatoms. The van der Waals surface area contributed by atoms with Crippen LogP contribution in [-0.2, 0) is 37.4 Å². The molecule has 32 heavy (non-hydrogen) atoms. The van der Waals surface area contributed by atoms with Crippen molar-refractivity contribution in [1.29, 1.82) is 0 Å². The van der Waals surface area contributed by atoms with Gasteiger partial charge < -0.3 is 23.8 Å². The Morgan fingerprint density at radius 3 is 2.75 bits per heavy atom. The van der Waals surface area contributed by atoms with Crippen molar-refractivity contribution < 1.29 is 42.2 Å². The van der Waals surface area contributed by atoms with Gasteiger partial charge in [0, 0.05) is 24.0 Å². The highest BCUT2D eigenvalue weighted by molar-refractivity contribution is 7.47. The summed E-state index contributed by atoms with van der Waals surface area (Å²) in [5.41, 5.74) is 0.299. The zero-order valence-electron chi connectivity index (χ0n) is 19.3. The van der Waals surface area contributed by atoms with E-state index in [0.29, 0.717) is 19.6 Å². The van der Waals surface area contributed by atoms with Crippen molar-refractivity contribution in [2.45, 2.75) is 70.4 Å². The summed E-state index contributed by atoms with van der Waals surface area (Å²) in [7, 11) is -3.04. The molecule has 5 rings (SSSR count). The first-order valence-corrected chi connectivity index (χ1v) is 12.9. The lowest BCUT2D eigenvalue weighted by Gasteiger charge is -2.61. The number of fused-ring (bicyclic) bond motifs is 2. The largest absolute Gasteiger partial charge is 0.474 e. The van der Waals surface area contributed by atoms with Crippen molar-refractivity contribution in [3.63, 3.8) is 0 Å². The molecule has 8 unspecified atom stereocenters. The Morgan fingerprint density at radius 2 is 2.06 bits per heavy atom. The predicted octanol–water partition coefficient (Wildman–Crippen LogP) is 2.96. The molecule has 0 aromatic carbocycles. The number of epoxide rings is 1. The number of carbonyl (C=O) groups is 1. The SMILES string of the molecule is COP(=O)(O)OCOC1C(C(C)C)CC2OC23C2(C)CCC4=C(COC4=O)C2COC13C. The van der Waals surface area contributed by atoms with Gasteiger partial charge in [0.15, 0.2) is 6.79 Å². The standard InChI is InChI=1S/C22H33O9P/c1-12(2)14-8-17-22(31-17)20(3)7-6-13-15(9-27-19(13)23)16(20)10-29-21(22,4)18(14)28-11-30-32(24,25)26-5/h12,14,16-18H,6-11H2,1-5H3,(H,24,25). The van der Waals surface area contributed by atoms with Crippen LogP contribution < -0.4 is 0 Å². The van der Waals surface area contributed by atoms with E-state index in [1.165, 1.54) is 0 Å². The lowest BCUT2D eigenvalue weighted by atomic mass is 9.49. The number of esters is 1. The number of ether oxygens (including phenoxy) is 4. The number of phosphoric acid groups is 1. The molecule has 9 nitrogen and oxygen atoms in total. The first kappa shape index (κ1) is 23.0. The van der Waals surface area contributed by atoms with Crippen LogP contribution in [0.5, 0.6) is 0 Å². The second-order valence-electron chi connectivity index (χ2n) is 10.4. The smallest absolute Gasteiger partial charge is 0.458 e. The van der Waals surface area contributed by atoms with Gasteiger partial charge in [-0.3, -0.25) is 9.05 Å². The average molecular weight is 472 g/mol. The number of phosphoric ester groups is 1. The average Bonchev–Trinajstić information content (AvgIpc) is 3.38. The minimum atomic E-state index is -4.15. The van der Waals surface area contributed by atoms with Crippen LogP contribution in [0.1, 0.15) is 47.0 Å². The maximum Gasteiger partial charge on any atom is 0.474 e. The Kier molecular flexibility index (Phi) is 5.27. The molecule has 0 aromatic heterocycles. The maximum atomic E-state index is 12.2. The highest BCUT2D eigenvalue weighted by Gasteiger charge is 2.84. The van der Waals surface area contributed by atoms with Gasteiger partial charge in [-0.05, 0) is 43.6 Å². The van der Waals surface area contributed by atoms with E-state index < -0.39 is 25.1 Å². The Bertz CT molecular complexity index is 902. The molecule has 0 amide bonds. The highest BCUT2D eigenvalue weighted by atomic mass is 31.2. The number of carbonyl (C=O) groups excluding carboxylic acids is 1. The van der Waals surface area contributed by atoms with E-state index in [2.05, 4.69) is 25.3 Å². The van der Waals surface area contributed by atoms with Gasteiger partial charge in [-0.2, -0.15) is 0 Å². The molecule has 0 bridgehead atoms. The van der Waals surface area contributed by atoms with Crippen molar-refractivity contribution in [3.8, 4) is 0 Å². The van der Waals surface area contributed by atoms with E-state index in [0.717, 1.165) is 31.1 Å². The van der Waals surface area contributed by atoms with Crippen LogP contribution in [-0.4, -0.2) is 61.4 Å². The molecule has 3 aliphatic heterocycles. The fourth-order valence-corrected chi connectivity index (χ4v) is 7.47. The Labute approximate surface area is 188 Å². The summed E-state index contributed by atoms with van der Waals surface area (Å²) >= 11 is 0. The lowest BCUT2D eigenvalue weighted by Crippen LogP contribution is -2.72. The molecule has 3 fully saturated rings. The van der Waals surface area contributed by atoms with Gasteiger partial charge in [-0.15, -0.1) is 0 Å².